The lowest BCUT2D eigenvalue weighted by Crippen LogP contribution is -2.35. The van der Waals surface area contributed by atoms with Crippen LogP contribution in [0.2, 0.25) is 0 Å². The molecule has 19 heavy (non-hydrogen) atoms. The van der Waals surface area contributed by atoms with E-state index < -0.39 is 0 Å². The molecule has 0 spiro atoms. The van der Waals surface area contributed by atoms with Gasteiger partial charge in [0.15, 0.2) is 0 Å². The van der Waals surface area contributed by atoms with Crippen molar-refractivity contribution in [2.45, 2.75) is 64.9 Å². The first kappa shape index (κ1) is 13.9. The van der Waals surface area contributed by atoms with Crippen LogP contribution in [0.3, 0.4) is 0 Å². The summed E-state index contributed by atoms with van der Waals surface area (Å²) in [5, 5.41) is 3.74. The van der Waals surface area contributed by atoms with Gasteiger partial charge in [-0.1, -0.05) is 13.8 Å². The Kier molecular flexibility index (Phi) is 4.19. The molecule has 0 aromatic rings. The topological polar surface area (TPSA) is 21.3 Å². The Labute approximate surface area is 118 Å². The second-order valence-electron chi connectivity index (χ2n) is 7.86. The number of ether oxygens (including phenoxy) is 1. The van der Waals surface area contributed by atoms with Crippen molar-refractivity contribution in [2.75, 3.05) is 19.7 Å². The molecule has 1 N–H and O–H groups in total. The Bertz CT molecular complexity index is 286. The molecule has 0 amide bonds. The van der Waals surface area contributed by atoms with Crippen LogP contribution in [0.25, 0.3) is 0 Å². The van der Waals surface area contributed by atoms with Crippen LogP contribution in [-0.2, 0) is 4.74 Å². The van der Waals surface area contributed by atoms with E-state index in [2.05, 4.69) is 19.2 Å². The molecule has 0 aromatic heterocycles. The highest BCUT2D eigenvalue weighted by molar-refractivity contribution is 5.04. The molecule has 2 nitrogen and oxygen atoms in total. The zero-order valence-corrected chi connectivity index (χ0v) is 12.8. The van der Waals surface area contributed by atoms with Crippen molar-refractivity contribution in [3.05, 3.63) is 0 Å². The molecule has 3 fully saturated rings. The van der Waals surface area contributed by atoms with E-state index in [0.717, 1.165) is 24.4 Å². The van der Waals surface area contributed by atoms with Gasteiger partial charge in [0, 0.05) is 13.2 Å². The summed E-state index contributed by atoms with van der Waals surface area (Å²) in [6.45, 7) is 8.05. The van der Waals surface area contributed by atoms with Crippen molar-refractivity contribution < 1.29 is 4.74 Å². The monoisotopic (exact) mass is 265 g/mol. The summed E-state index contributed by atoms with van der Waals surface area (Å²) in [7, 11) is 0. The Hall–Kier alpha value is -0.0800. The van der Waals surface area contributed by atoms with Crippen LogP contribution in [0.4, 0.5) is 0 Å². The average Bonchev–Trinajstić information content (AvgIpc) is 2.83. The summed E-state index contributed by atoms with van der Waals surface area (Å²) >= 11 is 0. The summed E-state index contributed by atoms with van der Waals surface area (Å²) in [5.74, 6) is 2.95. The maximum Gasteiger partial charge on any atom is 0.0576 e. The van der Waals surface area contributed by atoms with Gasteiger partial charge < -0.3 is 10.1 Å². The van der Waals surface area contributed by atoms with Crippen LogP contribution in [-0.4, -0.2) is 25.8 Å². The van der Waals surface area contributed by atoms with Crippen molar-refractivity contribution in [3.8, 4) is 0 Å². The summed E-state index contributed by atoms with van der Waals surface area (Å²) in [6.07, 6.45) is 10.4. The second-order valence-corrected chi connectivity index (χ2v) is 7.86. The maximum atomic E-state index is 5.82. The largest absolute Gasteiger partial charge is 0.378 e. The third-order valence-corrected chi connectivity index (χ3v) is 5.53. The van der Waals surface area contributed by atoms with Crippen LogP contribution in [0.1, 0.15) is 58.8 Å². The maximum absolute atomic E-state index is 5.82. The van der Waals surface area contributed by atoms with Crippen LogP contribution in [0.5, 0.6) is 0 Å². The van der Waals surface area contributed by atoms with Gasteiger partial charge in [-0.2, -0.15) is 0 Å². The molecular formula is C17H31NO. The van der Waals surface area contributed by atoms with E-state index in [9.17, 15) is 0 Å². The summed E-state index contributed by atoms with van der Waals surface area (Å²) in [6, 6.07) is 0. The van der Waals surface area contributed by atoms with Gasteiger partial charge >= 0.3 is 0 Å². The van der Waals surface area contributed by atoms with Gasteiger partial charge in [-0.15, -0.1) is 0 Å². The second kappa shape index (κ2) is 5.73. The predicted molar refractivity (Wildman–Crippen MR) is 79.2 cm³/mol. The number of hydrogen-bond donors (Lipinski definition) is 1. The van der Waals surface area contributed by atoms with Gasteiger partial charge in [0.05, 0.1) is 6.10 Å². The van der Waals surface area contributed by atoms with Crippen LogP contribution < -0.4 is 5.32 Å². The number of fused-ring (bicyclic) bond motifs is 1. The molecule has 3 aliphatic rings. The summed E-state index contributed by atoms with van der Waals surface area (Å²) in [5.41, 5.74) is 0.619. The molecule has 1 heterocycles. The smallest absolute Gasteiger partial charge is 0.0576 e. The quantitative estimate of drug-likeness (QED) is 0.759. The average molecular weight is 265 g/mol. The van der Waals surface area contributed by atoms with Gasteiger partial charge in [0.2, 0.25) is 0 Å². The van der Waals surface area contributed by atoms with E-state index in [1.165, 1.54) is 58.0 Å². The lowest BCUT2D eigenvalue weighted by Gasteiger charge is -2.32. The van der Waals surface area contributed by atoms with Gasteiger partial charge in [-0.25, -0.2) is 0 Å². The Balaban J connectivity index is 1.48. The van der Waals surface area contributed by atoms with Crippen molar-refractivity contribution in [2.24, 2.45) is 23.2 Å². The van der Waals surface area contributed by atoms with Crippen LogP contribution in [0, 0.1) is 23.2 Å². The first-order valence-electron chi connectivity index (χ1n) is 8.49. The van der Waals surface area contributed by atoms with Crippen molar-refractivity contribution in [3.63, 3.8) is 0 Å². The van der Waals surface area contributed by atoms with E-state index >= 15 is 0 Å². The number of hydrogen-bond acceptors (Lipinski definition) is 2. The molecule has 3 rings (SSSR count). The lowest BCUT2D eigenvalue weighted by molar-refractivity contribution is 0.0848. The van der Waals surface area contributed by atoms with Crippen LogP contribution in [0.15, 0.2) is 0 Å². The first-order valence-corrected chi connectivity index (χ1v) is 8.49. The highest BCUT2D eigenvalue weighted by Gasteiger charge is 2.53. The fraction of sp³-hybridized carbons (Fsp3) is 1.00. The minimum atomic E-state index is 0.582. The molecule has 2 aliphatic carbocycles. The van der Waals surface area contributed by atoms with Gasteiger partial charge in [-0.05, 0) is 74.7 Å². The van der Waals surface area contributed by atoms with E-state index in [1.54, 1.807) is 0 Å². The molecule has 2 saturated carbocycles. The third-order valence-electron chi connectivity index (χ3n) is 5.53. The predicted octanol–water partition coefficient (Wildman–Crippen LogP) is 3.61. The molecular weight excluding hydrogens is 234 g/mol. The Morgan fingerprint density at radius 2 is 2.05 bits per heavy atom. The SMILES string of the molecule is CC(C)CNCC1(CCC2CCCO2)CC2CC2C1. The van der Waals surface area contributed by atoms with Crippen molar-refractivity contribution in [1.82, 2.24) is 5.32 Å². The molecule has 0 radical (unpaired) electrons. The van der Waals surface area contributed by atoms with Gasteiger partial charge in [-0.3, -0.25) is 0 Å². The molecule has 0 bridgehead atoms. The Morgan fingerprint density at radius 1 is 1.26 bits per heavy atom. The highest BCUT2D eigenvalue weighted by atomic mass is 16.5. The van der Waals surface area contributed by atoms with Gasteiger partial charge in [0.1, 0.15) is 0 Å². The molecule has 1 aliphatic heterocycles. The third kappa shape index (κ3) is 3.52. The van der Waals surface area contributed by atoms with E-state index in [1.807, 2.05) is 0 Å². The molecule has 3 unspecified atom stereocenters. The summed E-state index contributed by atoms with van der Waals surface area (Å²) < 4.78 is 5.82. The Morgan fingerprint density at radius 3 is 2.68 bits per heavy atom. The minimum absolute atomic E-state index is 0.582. The molecule has 1 saturated heterocycles. The van der Waals surface area contributed by atoms with E-state index in [0.29, 0.717) is 11.5 Å². The zero-order chi connectivity index (χ0) is 13.3. The lowest BCUT2D eigenvalue weighted by atomic mass is 9.77. The standard InChI is InChI=1S/C17H31NO/c1-13(2)11-18-12-17(9-14-8-15(14)10-17)6-5-16-4-3-7-19-16/h13-16,18H,3-12H2,1-2H3. The normalized spacial score (nSPS) is 40.9. The fourth-order valence-corrected chi connectivity index (χ4v) is 4.41. The van der Waals surface area contributed by atoms with Crippen molar-refractivity contribution in [1.29, 1.82) is 0 Å². The number of rotatable bonds is 7. The van der Waals surface area contributed by atoms with Crippen LogP contribution >= 0.6 is 0 Å². The van der Waals surface area contributed by atoms with E-state index in [4.69, 9.17) is 4.74 Å². The molecule has 3 atom stereocenters. The van der Waals surface area contributed by atoms with Gasteiger partial charge in [0.25, 0.3) is 0 Å². The van der Waals surface area contributed by atoms with Crippen molar-refractivity contribution >= 4 is 0 Å². The zero-order valence-electron chi connectivity index (χ0n) is 12.8. The number of nitrogens with one attached hydrogen (secondary N) is 1. The molecule has 110 valence electrons. The molecule has 2 heteroatoms. The molecule has 0 aromatic carbocycles. The first-order chi connectivity index (χ1) is 9.17. The fourth-order valence-electron chi connectivity index (χ4n) is 4.41. The summed E-state index contributed by atoms with van der Waals surface area (Å²) in [4.78, 5) is 0. The highest BCUT2D eigenvalue weighted by Crippen LogP contribution is 2.61. The minimum Gasteiger partial charge on any atom is -0.378 e. The van der Waals surface area contributed by atoms with E-state index in [-0.39, 0.29) is 0 Å².